The highest BCUT2D eigenvalue weighted by molar-refractivity contribution is 7.09. The molecular formula is C12H13N3O2S. The molecule has 0 unspecified atom stereocenters. The average Bonchev–Trinajstić information content (AvgIpc) is 2.84. The third-order valence-electron chi connectivity index (χ3n) is 2.38. The number of carbonyl (C=O) groups is 1. The molecule has 0 amide bonds. The van der Waals surface area contributed by atoms with Crippen LogP contribution in [0.4, 0.5) is 11.5 Å². The first-order valence-electron chi connectivity index (χ1n) is 5.42. The Morgan fingerprint density at radius 2 is 2.39 bits per heavy atom. The van der Waals surface area contributed by atoms with Crippen molar-refractivity contribution in [3.8, 4) is 0 Å². The molecule has 2 aromatic rings. The van der Waals surface area contributed by atoms with Gasteiger partial charge in [0.1, 0.15) is 11.4 Å². The number of nitrogens with two attached hydrogens (primary N) is 1. The quantitative estimate of drug-likeness (QED) is 0.768. The van der Waals surface area contributed by atoms with E-state index in [4.69, 9.17) is 10.8 Å². The van der Waals surface area contributed by atoms with Gasteiger partial charge in [-0.05, 0) is 23.9 Å². The summed E-state index contributed by atoms with van der Waals surface area (Å²) in [4.78, 5) is 16.3. The van der Waals surface area contributed by atoms with Crippen molar-refractivity contribution in [1.82, 2.24) is 4.98 Å². The lowest BCUT2D eigenvalue weighted by atomic mass is 10.2. The Balaban J connectivity index is 2.02. The van der Waals surface area contributed by atoms with Gasteiger partial charge in [0.15, 0.2) is 0 Å². The summed E-state index contributed by atoms with van der Waals surface area (Å²) in [7, 11) is 0. The van der Waals surface area contributed by atoms with E-state index in [9.17, 15) is 4.79 Å². The summed E-state index contributed by atoms with van der Waals surface area (Å²) in [6.07, 6.45) is 2.28. The number of nitrogen functional groups attached to an aromatic ring is 1. The number of nitrogens with zero attached hydrogens (tertiary/aromatic N) is 1. The molecule has 0 radical (unpaired) electrons. The van der Waals surface area contributed by atoms with Crippen molar-refractivity contribution >= 4 is 28.8 Å². The number of aromatic nitrogens is 1. The second-order valence-electron chi connectivity index (χ2n) is 3.73. The van der Waals surface area contributed by atoms with Crippen molar-refractivity contribution in [3.05, 3.63) is 40.2 Å². The van der Waals surface area contributed by atoms with E-state index in [-0.39, 0.29) is 5.56 Å². The first kappa shape index (κ1) is 12.4. The maximum atomic E-state index is 11.0. The minimum atomic E-state index is -1.03. The van der Waals surface area contributed by atoms with E-state index in [1.165, 1.54) is 17.1 Å². The Labute approximate surface area is 108 Å². The fourth-order valence-electron chi connectivity index (χ4n) is 1.54. The highest BCUT2D eigenvalue weighted by Crippen LogP contribution is 2.16. The van der Waals surface area contributed by atoms with Gasteiger partial charge in [0, 0.05) is 11.4 Å². The van der Waals surface area contributed by atoms with E-state index < -0.39 is 5.97 Å². The van der Waals surface area contributed by atoms with Crippen LogP contribution >= 0.6 is 11.3 Å². The molecule has 6 heteroatoms. The zero-order chi connectivity index (χ0) is 13.0. The Hall–Kier alpha value is -2.08. The van der Waals surface area contributed by atoms with Gasteiger partial charge in [-0.3, -0.25) is 0 Å². The highest BCUT2D eigenvalue weighted by atomic mass is 32.1. The lowest BCUT2D eigenvalue weighted by Gasteiger charge is -2.08. The fraction of sp³-hybridized carbons (Fsp3) is 0.167. The number of hydrogen-bond acceptors (Lipinski definition) is 5. The molecule has 2 aromatic heterocycles. The summed E-state index contributed by atoms with van der Waals surface area (Å²) in [6.45, 7) is 0.637. The third-order valence-corrected chi connectivity index (χ3v) is 3.32. The number of rotatable bonds is 5. The van der Waals surface area contributed by atoms with Gasteiger partial charge < -0.3 is 16.2 Å². The number of thiophene rings is 1. The second kappa shape index (κ2) is 5.50. The Morgan fingerprint density at radius 3 is 3.06 bits per heavy atom. The molecule has 94 valence electrons. The molecule has 0 spiro atoms. The number of pyridine rings is 1. The van der Waals surface area contributed by atoms with Gasteiger partial charge in [0.05, 0.1) is 11.9 Å². The van der Waals surface area contributed by atoms with Gasteiger partial charge in [-0.25, -0.2) is 9.78 Å². The van der Waals surface area contributed by atoms with Gasteiger partial charge in [-0.15, -0.1) is 11.3 Å². The second-order valence-corrected chi connectivity index (χ2v) is 4.76. The first-order valence-corrected chi connectivity index (χ1v) is 6.30. The number of hydrogen-bond donors (Lipinski definition) is 3. The number of anilines is 2. The molecule has 4 N–H and O–H groups in total. The highest BCUT2D eigenvalue weighted by Gasteiger charge is 2.11. The molecule has 5 nitrogen and oxygen atoms in total. The molecule has 0 aromatic carbocycles. The van der Waals surface area contributed by atoms with E-state index in [1.807, 2.05) is 17.5 Å². The number of aromatic carboxylic acids is 1. The molecular weight excluding hydrogens is 250 g/mol. The number of carboxylic acids is 1. The summed E-state index contributed by atoms with van der Waals surface area (Å²) in [6, 6.07) is 5.44. The molecule has 2 heterocycles. The van der Waals surface area contributed by atoms with E-state index >= 15 is 0 Å². The van der Waals surface area contributed by atoms with E-state index in [2.05, 4.69) is 10.3 Å². The van der Waals surface area contributed by atoms with Gasteiger partial charge >= 0.3 is 5.97 Å². The van der Waals surface area contributed by atoms with Crippen LogP contribution in [0, 0.1) is 0 Å². The van der Waals surface area contributed by atoms with Gasteiger partial charge in [0.25, 0.3) is 0 Å². The summed E-state index contributed by atoms with van der Waals surface area (Å²) in [5.74, 6) is -0.679. The van der Waals surface area contributed by atoms with Gasteiger partial charge in [-0.2, -0.15) is 0 Å². The smallest absolute Gasteiger partial charge is 0.339 e. The van der Waals surface area contributed by atoms with Crippen molar-refractivity contribution in [3.63, 3.8) is 0 Å². The SMILES string of the molecule is Nc1cnc(NCCc2cccs2)c(C(=O)O)c1. The minimum absolute atomic E-state index is 0.0983. The Morgan fingerprint density at radius 1 is 1.56 bits per heavy atom. The van der Waals surface area contributed by atoms with E-state index in [0.29, 0.717) is 18.1 Å². The van der Waals surface area contributed by atoms with Crippen LogP contribution in [0.5, 0.6) is 0 Å². The topological polar surface area (TPSA) is 88.2 Å². The van der Waals surface area contributed by atoms with Crippen LogP contribution in [0.3, 0.4) is 0 Å². The van der Waals surface area contributed by atoms with Crippen LogP contribution < -0.4 is 11.1 Å². The predicted molar refractivity (Wildman–Crippen MR) is 72.1 cm³/mol. The van der Waals surface area contributed by atoms with Crippen LogP contribution in [0.1, 0.15) is 15.2 Å². The lowest BCUT2D eigenvalue weighted by molar-refractivity contribution is 0.0697. The molecule has 0 saturated heterocycles. The zero-order valence-electron chi connectivity index (χ0n) is 9.59. The van der Waals surface area contributed by atoms with E-state index in [0.717, 1.165) is 6.42 Å². The number of carboxylic acid groups (broad SMARTS) is 1. The van der Waals surface area contributed by atoms with Crippen LogP contribution in [0.25, 0.3) is 0 Å². The van der Waals surface area contributed by atoms with Crippen molar-refractivity contribution in [2.75, 3.05) is 17.6 Å². The largest absolute Gasteiger partial charge is 0.478 e. The lowest BCUT2D eigenvalue weighted by Crippen LogP contribution is -2.11. The third kappa shape index (κ3) is 2.98. The van der Waals surface area contributed by atoms with Crippen LogP contribution in [0.15, 0.2) is 29.8 Å². The van der Waals surface area contributed by atoms with Crippen molar-refractivity contribution in [2.24, 2.45) is 0 Å². The number of nitrogens with one attached hydrogen (secondary N) is 1. The molecule has 0 atom stereocenters. The normalized spacial score (nSPS) is 10.2. The molecule has 0 aliphatic carbocycles. The molecule has 18 heavy (non-hydrogen) atoms. The Bertz CT molecular complexity index is 540. The predicted octanol–water partition coefficient (Wildman–Crippen LogP) is 2.08. The first-order chi connectivity index (χ1) is 8.66. The summed E-state index contributed by atoms with van der Waals surface area (Å²) < 4.78 is 0. The molecule has 0 bridgehead atoms. The molecule has 0 saturated carbocycles. The molecule has 0 aliphatic heterocycles. The summed E-state index contributed by atoms with van der Waals surface area (Å²) >= 11 is 1.67. The zero-order valence-corrected chi connectivity index (χ0v) is 10.4. The van der Waals surface area contributed by atoms with Crippen LogP contribution in [-0.4, -0.2) is 22.6 Å². The van der Waals surface area contributed by atoms with Crippen LogP contribution in [0.2, 0.25) is 0 Å². The van der Waals surface area contributed by atoms with Crippen molar-refractivity contribution in [1.29, 1.82) is 0 Å². The maximum absolute atomic E-state index is 11.0. The van der Waals surface area contributed by atoms with Crippen molar-refractivity contribution in [2.45, 2.75) is 6.42 Å². The molecule has 2 rings (SSSR count). The maximum Gasteiger partial charge on any atom is 0.339 e. The average molecular weight is 263 g/mol. The van der Waals surface area contributed by atoms with Crippen molar-refractivity contribution < 1.29 is 9.90 Å². The van der Waals surface area contributed by atoms with Gasteiger partial charge in [0.2, 0.25) is 0 Å². The molecule has 0 fully saturated rings. The standard InChI is InChI=1S/C12H13N3O2S/c13-8-6-10(12(16)17)11(15-7-8)14-4-3-9-2-1-5-18-9/h1-2,5-7H,3-4,13H2,(H,14,15)(H,16,17). The minimum Gasteiger partial charge on any atom is -0.478 e. The van der Waals surface area contributed by atoms with E-state index in [1.54, 1.807) is 11.3 Å². The van der Waals surface area contributed by atoms with Gasteiger partial charge in [-0.1, -0.05) is 6.07 Å². The monoisotopic (exact) mass is 263 g/mol. The fourth-order valence-corrected chi connectivity index (χ4v) is 2.25. The molecule has 0 aliphatic rings. The van der Waals surface area contributed by atoms with Crippen LogP contribution in [-0.2, 0) is 6.42 Å². The Kier molecular flexibility index (Phi) is 3.78. The summed E-state index contributed by atoms with van der Waals surface area (Å²) in [5, 5.41) is 14.1. The summed E-state index contributed by atoms with van der Waals surface area (Å²) in [5.41, 5.74) is 5.96.